The van der Waals surface area contributed by atoms with Gasteiger partial charge in [0.25, 0.3) is 0 Å². The minimum Gasteiger partial charge on any atom is -0.468 e. The van der Waals surface area contributed by atoms with Crippen molar-refractivity contribution in [3.05, 3.63) is 59.5 Å². The number of rotatable bonds is 4. The molecular weight excluding hydrogens is 328 g/mol. The molecule has 5 heteroatoms. The molecule has 0 spiro atoms. The standard InChI is InChI=1S/C21H26N2O3/c1-16-4-2-5-17(12-16)13-23-9-11-26-20-15-22(8-7-19(20)21(23)24)14-18-6-3-10-25-18/h2-6,10,12,19-20H,7-9,11,13-15H2,1H3/t19-,20+/m0/s1. The molecule has 0 bridgehead atoms. The molecule has 0 aliphatic carbocycles. The zero-order valence-electron chi connectivity index (χ0n) is 15.3. The number of ether oxygens (including phenoxy) is 1. The van der Waals surface area contributed by atoms with E-state index in [1.165, 1.54) is 11.1 Å². The van der Waals surface area contributed by atoms with Crippen molar-refractivity contribution in [2.75, 3.05) is 26.2 Å². The number of carbonyl (C=O) groups is 1. The fourth-order valence-corrected chi connectivity index (χ4v) is 4.05. The van der Waals surface area contributed by atoms with Gasteiger partial charge in [-0.1, -0.05) is 29.8 Å². The van der Waals surface area contributed by atoms with Crippen molar-refractivity contribution < 1.29 is 13.9 Å². The van der Waals surface area contributed by atoms with Crippen LogP contribution in [0.15, 0.2) is 47.1 Å². The van der Waals surface area contributed by atoms with Crippen molar-refractivity contribution in [2.45, 2.75) is 32.5 Å². The monoisotopic (exact) mass is 354 g/mol. The maximum atomic E-state index is 13.1. The van der Waals surface area contributed by atoms with Gasteiger partial charge in [-0.25, -0.2) is 0 Å². The van der Waals surface area contributed by atoms with Gasteiger partial charge in [0.15, 0.2) is 0 Å². The van der Waals surface area contributed by atoms with Crippen LogP contribution in [0.25, 0.3) is 0 Å². The summed E-state index contributed by atoms with van der Waals surface area (Å²) in [6.45, 7) is 6.49. The molecular formula is C21H26N2O3. The Morgan fingerprint density at radius 2 is 2.08 bits per heavy atom. The van der Waals surface area contributed by atoms with Gasteiger partial charge in [-0.15, -0.1) is 0 Å². The molecule has 2 aromatic rings. The number of hydrogen-bond acceptors (Lipinski definition) is 4. The molecule has 1 aromatic carbocycles. The Kier molecular flexibility index (Phi) is 5.09. The van der Waals surface area contributed by atoms with Gasteiger partial charge in [-0.2, -0.15) is 0 Å². The van der Waals surface area contributed by atoms with Gasteiger partial charge in [0.2, 0.25) is 5.91 Å². The zero-order valence-corrected chi connectivity index (χ0v) is 15.3. The number of fused-ring (bicyclic) bond motifs is 1. The topological polar surface area (TPSA) is 45.9 Å². The number of hydrogen-bond donors (Lipinski definition) is 0. The highest BCUT2D eigenvalue weighted by Gasteiger charge is 2.39. The Balaban J connectivity index is 1.41. The Labute approximate surface area is 154 Å². The third kappa shape index (κ3) is 3.84. The summed E-state index contributed by atoms with van der Waals surface area (Å²) in [5, 5.41) is 0. The molecule has 3 heterocycles. The van der Waals surface area contributed by atoms with Gasteiger partial charge in [0.1, 0.15) is 5.76 Å². The summed E-state index contributed by atoms with van der Waals surface area (Å²) in [5.74, 6) is 1.17. The van der Waals surface area contributed by atoms with Crippen LogP contribution >= 0.6 is 0 Å². The van der Waals surface area contributed by atoms with E-state index in [2.05, 4.69) is 36.1 Å². The number of benzene rings is 1. The maximum Gasteiger partial charge on any atom is 0.228 e. The summed E-state index contributed by atoms with van der Waals surface area (Å²) in [6, 6.07) is 12.3. The van der Waals surface area contributed by atoms with Gasteiger partial charge in [0, 0.05) is 19.6 Å². The number of aryl methyl sites for hydroxylation is 1. The molecule has 1 aromatic heterocycles. The van der Waals surface area contributed by atoms with E-state index in [-0.39, 0.29) is 17.9 Å². The lowest BCUT2D eigenvalue weighted by Gasteiger charge is -2.36. The fourth-order valence-electron chi connectivity index (χ4n) is 4.05. The van der Waals surface area contributed by atoms with Crippen LogP contribution in [-0.2, 0) is 22.6 Å². The number of piperidine rings is 1. The van der Waals surface area contributed by atoms with Gasteiger partial charge in [-0.3, -0.25) is 9.69 Å². The summed E-state index contributed by atoms with van der Waals surface area (Å²) in [5.41, 5.74) is 2.41. The SMILES string of the molecule is Cc1cccc(CN2CCO[C@@H]3CN(Cc4ccco4)CC[C@@H]3C2=O)c1. The van der Waals surface area contributed by atoms with Crippen LogP contribution in [0.1, 0.15) is 23.3 Å². The van der Waals surface area contributed by atoms with Crippen molar-refractivity contribution in [3.8, 4) is 0 Å². The van der Waals surface area contributed by atoms with Crippen LogP contribution in [0.2, 0.25) is 0 Å². The average Bonchev–Trinajstić information content (AvgIpc) is 3.08. The molecule has 1 amide bonds. The minimum absolute atomic E-state index is 0.0197. The predicted molar refractivity (Wildman–Crippen MR) is 98.4 cm³/mol. The molecule has 0 saturated carbocycles. The summed E-state index contributed by atoms with van der Waals surface area (Å²) in [6.07, 6.45) is 2.53. The molecule has 5 nitrogen and oxygen atoms in total. The van der Waals surface area contributed by atoms with Crippen molar-refractivity contribution >= 4 is 5.91 Å². The minimum atomic E-state index is -0.0323. The van der Waals surface area contributed by atoms with Crippen LogP contribution in [0, 0.1) is 12.8 Å². The van der Waals surface area contributed by atoms with Gasteiger partial charge >= 0.3 is 0 Å². The van der Waals surface area contributed by atoms with Crippen LogP contribution < -0.4 is 0 Å². The van der Waals surface area contributed by atoms with Crippen LogP contribution in [0.3, 0.4) is 0 Å². The summed E-state index contributed by atoms with van der Waals surface area (Å²) < 4.78 is 11.5. The van der Waals surface area contributed by atoms with E-state index in [1.54, 1.807) is 6.26 Å². The number of amides is 1. The smallest absolute Gasteiger partial charge is 0.228 e. The maximum absolute atomic E-state index is 13.1. The van der Waals surface area contributed by atoms with E-state index in [0.29, 0.717) is 19.7 Å². The van der Waals surface area contributed by atoms with Crippen molar-refractivity contribution in [1.29, 1.82) is 0 Å². The molecule has 2 fully saturated rings. The van der Waals surface area contributed by atoms with Crippen LogP contribution in [0.5, 0.6) is 0 Å². The second kappa shape index (κ2) is 7.64. The van der Waals surface area contributed by atoms with E-state index in [0.717, 1.165) is 31.8 Å². The lowest BCUT2D eigenvalue weighted by Crippen LogP contribution is -2.48. The van der Waals surface area contributed by atoms with E-state index in [9.17, 15) is 4.79 Å². The first-order valence-electron chi connectivity index (χ1n) is 9.40. The fraction of sp³-hybridized carbons (Fsp3) is 0.476. The third-order valence-corrected chi connectivity index (χ3v) is 5.38. The third-order valence-electron chi connectivity index (χ3n) is 5.38. The average molecular weight is 354 g/mol. The zero-order chi connectivity index (χ0) is 17.9. The predicted octanol–water partition coefficient (Wildman–Crippen LogP) is 2.84. The van der Waals surface area contributed by atoms with E-state index in [4.69, 9.17) is 9.15 Å². The first-order chi connectivity index (χ1) is 12.7. The van der Waals surface area contributed by atoms with Crippen LogP contribution in [-0.4, -0.2) is 48.1 Å². The highest BCUT2D eigenvalue weighted by Crippen LogP contribution is 2.27. The van der Waals surface area contributed by atoms with Gasteiger partial charge < -0.3 is 14.1 Å². The summed E-state index contributed by atoms with van der Waals surface area (Å²) in [4.78, 5) is 17.4. The van der Waals surface area contributed by atoms with E-state index < -0.39 is 0 Å². The van der Waals surface area contributed by atoms with Gasteiger partial charge in [0.05, 0.1) is 31.4 Å². The molecule has 2 atom stereocenters. The Morgan fingerprint density at radius 3 is 2.88 bits per heavy atom. The van der Waals surface area contributed by atoms with Crippen LogP contribution in [0.4, 0.5) is 0 Å². The molecule has 2 aliphatic heterocycles. The molecule has 138 valence electrons. The summed E-state index contributed by atoms with van der Waals surface area (Å²) >= 11 is 0. The van der Waals surface area contributed by atoms with Crippen molar-refractivity contribution in [1.82, 2.24) is 9.80 Å². The highest BCUT2D eigenvalue weighted by atomic mass is 16.5. The largest absolute Gasteiger partial charge is 0.468 e. The quantitative estimate of drug-likeness (QED) is 0.847. The first kappa shape index (κ1) is 17.3. The van der Waals surface area contributed by atoms with E-state index >= 15 is 0 Å². The molecule has 2 aliphatic rings. The molecule has 0 N–H and O–H groups in total. The number of furan rings is 1. The first-order valence-corrected chi connectivity index (χ1v) is 9.40. The van der Waals surface area contributed by atoms with E-state index in [1.807, 2.05) is 17.0 Å². The Morgan fingerprint density at radius 1 is 1.15 bits per heavy atom. The number of likely N-dealkylation sites (tertiary alicyclic amines) is 1. The van der Waals surface area contributed by atoms with Gasteiger partial charge in [-0.05, 0) is 37.6 Å². The number of carbonyl (C=O) groups excluding carboxylic acids is 1. The molecule has 26 heavy (non-hydrogen) atoms. The lowest BCUT2D eigenvalue weighted by molar-refractivity contribution is -0.139. The Hall–Kier alpha value is -2.11. The molecule has 2 saturated heterocycles. The second-order valence-electron chi connectivity index (χ2n) is 7.37. The second-order valence-corrected chi connectivity index (χ2v) is 7.37. The normalized spacial score (nSPS) is 24.3. The summed E-state index contributed by atoms with van der Waals surface area (Å²) in [7, 11) is 0. The van der Waals surface area contributed by atoms with Crippen molar-refractivity contribution in [2.24, 2.45) is 5.92 Å². The molecule has 0 unspecified atom stereocenters. The Bertz CT molecular complexity index is 743. The van der Waals surface area contributed by atoms with Crippen molar-refractivity contribution in [3.63, 3.8) is 0 Å². The lowest BCUT2D eigenvalue weighted by atomic mass is 9.92. The molecule has 4 rings (SSSR count). The molecule has 0 radical (unpaired) electrons. The number of nitrogens with zero attached hydrogens (tertiary/aromatic N) is 2. The highest BCUT2D eigenvalue weighted by molar-refractivity contribution is 5.80.